The van der Waals surface area contributed by atoms with E-state index < -0.39 is 8.11 Å². The molecule has 0 unspecified atom stereocenters. The highest BCUT2D eigenvalue weighted by Gasteiger charge is 1.87. The third kappa shape index (κ3) is 8.07. The van der Waals surface area contributed by atoms with Gasteiger partial charge in [-0.1, -0.05) is 13.3 Å². The Morgan fingerprint density at radius 3 is 2.67 bits per heavy atom. The van der Waals surface area contributed by atoms with Gasteiger partial charge in [0.15, 0.2) is 0 Å². The minimum atomic E-state index is -0.804. The predicted molar refractivity (Wildman–Crippen MR) is 44.8 cm³/mol. The van der Waals surface area contributed by atoms with E-state index in [1.54, 1.807) is 0 Å². The standard InChI is InChI=1S/C7H12ClSi/c1-3-4-5-6-7-9(2)8/h3-5H2,1-2H3. The van der Waals surface area contributed by atoms with Gasteiger partial charge < -0.3 is 0 Å². The molecule has 0 aliphatic carbocycles. The van der Waals surface area contributed by atoms with E-state index in [2.05, 4.69) is 18.4 Å². The van der Waals surface area contributed by atoms with Crippen LogP contribution in [0.2, 0.25) is 6.55 Å². The van der Waals surface area contributed by atoms with Crippen molar-refractivity contribution in [3.63, 3.8) is 0 Å². The summed E-state index contributed by atoms with van der Waals surface area (Å²) in [5.74, 6) is 3.05. The Balaban J connectivity index is 3.16. The van der Waals surface area contributed by atoms with Gasteiger partial charge in [-0.05, 0) is 13.0 Å². The molecule has 9 heavy (non-hydrogen) atoms. The largest absolute Gasteiger partial charge is 0.250 e. The topological polar surface area (TPSA) is 0 Å². The van der Waals surface area contributed by atoms with Gasteiger partial charge in [0.1, 0.15) is 0 Å². The van der Waals surface area contributed by atoms with Crippen LogP contribution in [0.3, 0.4) is 0 Å². The average molecular weight is 160 g/mol. The minimum Gasteiger partial charge on any atom is -0.151 e. The van der Waals surface area contributed by atoms with E-state index in [9.17, 15) is 0 Å². The van der Waals surface area contributed by atoms with Gasteiger partial charge in [-0.2, -0.15) is 11.1 Å². The zero-order valence-electron chi connectivity index (χ0n) is 6.00. The lowest BCUT2D eigenvalue weighted by Gasteiger charge is -1.84. The van der Waals surface area contributed by atoms with E-state index in [1.807, 2.05) is 6.55 Å². The van der Waals surface area contributed by atoms with Gasteiger partial charge in [0.25, 0.3) is 8.11 Å². The summed E-state index contributed by atoms with van der Waals surface area (Å²) in [7, 11) is -0.804. The normalized spacial score (nSPS) is 8.89. The van der Waals surface area contributed by atoms with Gasteiger partial charge in [-0.3, -0.25) is 0 Å². The molecular weight excluding hydrogens is 148 g/mol. The second-order valence-electron chi connectivity index (χ2n) is 1.94. The number of rotatable bonds is 2. The predicted octanol–water partition coefficient (Wildman–Crippen LogP) is 2.58. The van der Waals surface area contributed by atoms with Crippen LogP contribution in [0.4, 0.5) is 0 Å². The number of unbranched alkanes of at least 4 members (excludes halogenated alkanes) is 2. The summed E-state index contributed by atoms with van der Waals surface area (Å²) in [6.07, 6.45) is 3.45. The van der Waals surface area contributed by atoms with E-state index >= 15 is 0 Å². The van der Waals surface area contributed by atoms with Gasteiger partial charge in [0.2, 0.25) is 0 Å². The first-order chi connectivity index (χ1) is 4.27. The molecule has 0 aliphatic heterocycles. The maximum Gasteiger partial charge on any atom is 0.250 e. The van der Waals surface area contributed by atoms with E-state index in [0.717, 1.165) is 6.42 Å². The van der Waals surface area contributed by atoms with Crippen LogP contribution in [0.1, 0.15) is 26.2 Å². The fraction of sp³-hybridized carbons (Fsp3) is 0.714. The SMILES string of the molecule is CCCCC#C[Si](C)Cl. The summed E-state index contributed by atoms with van der Waals surface area (Å²) in [6, 6.07) is 0. The minimum absolute atomic E-state index is 0.804. The van der Waals surface area contributed by atoms with Gasteiger partial charge in [0.05, 0.1) is 0 Å². The van der Waals surface area contributed by atoms with E-state index in [4.69, 9.17) is 11.1 Å². The maximum absolute atomic E-state index is 5.68. The molecule has 1 radical (unpaired) electrons. The Kier molecular flexibility index (Phi) is 6.24. The summed E-state index contributed by atoms with van der Waals surface area (Å²) in [5.41, 5.74) is 3.00. The first-order valence-electron chi connectivity index (χ1n) is 3.25. The van der Waals surface area contributed by atoms with Crippen LogP contribution in [0.5, 0.6) is 0 Å². The number of hydrogen-bond donors (Lipinski definition) is 0. The Hall–Kier alpha value is 0.0669. The smallest absolute Gasteiger partial charge is 0.151 e. The van der Waals surface area contributed by atoms with Crippen LogP contribution < -0.4 is 0 Å². The van der Waals surface area contributed by atoms with Crippen LogP contribution in [-0.2, 0) is 0 Å². The third-order valence-corrected chi connectivity index (χ3v) is 1.72. The Morgan fingerprint density at radius 1 is 1.56 bits per heavy atom. The molecule has 0 bridgehead atoms. The number of halogens is 1. The fourth-order valence-corrected chi connectivity index (χ4v) is 1.02. The average Bonchev–Trinajstić information content (AvgIpc) is 1.80. The first-order valence-corrected chi connectivity index (χ1v) is 6.26. The lowest BCUT2D eigenvalue weighted by atomic mass is 10.3. The van der Waals surface area contributed by atoms with Crippen molar-refractivity contribution in [1.29, 1.82) is 0 Å². The van der Waals surface area contributed by atoms with Gasteiger partial charge in [0, 0.05) is 6.42 Å². The molecule has 0 aromatic rings. The van der Waals surface area contributed by atoms with Crippen LogP contribution in [-0.4, -0.2) is 8.11 Å². The van der Waals surface area contributed by atoms with Crippen LogP contribution in [0.25, 0.3) is 0 Å². The van der Waals surface area contributed by atoms with Crippen LogP contribution >= 0.6 is 11.1 Å². The highest BCUT2D eigenvalue weighted by Crippen LogP contribution is 1.91. The molecule has 0 atom stereocenters. The summed E-state index contributed by atoms with van der Waals surface area (Å²) in [5, 5.41) is 0. The quantitative estimate of drug-likeness (QED) is 0.252. The molecule has 51 valence electrons. The van der Waals surface area contributed by atoms with Crippen molar-refractivity contribution in [3.8, 4) is 11.5 Å². The molecule has 0 saturated heterocycles. The highest BCUT2D eigenvalue weighted by atomic mass is 35.6. The molecule has 0 nitrogen and oxygen atoms in total. The molecule has 0 fully saturated rings. The Bertz CT molecular complexity index is 110. The Morgan fingerprint density at radius 2 is 2.22 bits per heavy atom. The molecule has 0 amide bonds. The summed E-state index contributed by atoms with van der Waals surface area (Å²) in [6.45, 7) is 4.16. The Labute approximate surface area is 63.9 Å². The van der Waals surface area contributed by atoms with Gasteiger partial charge in [-0.25, -0.2) is 0 Å². The molecule has 2 heteroatoms. The zero-order valence-corrected chi connectivity index (χ0v) is 7.76. The second-order valence-corrected chi connectivity index (χ2v) is 4.96. The molecular formula is C7H12ClSi. The third-order valence-electron chi connectivity index (χ3n) is 0.916. The highest BCUT2D eigenvalue weighted by molar-refractivity contribution is 7.10. The van der Waals surface area contributed by atoms with Crippen molar-refractivity contribution in [2.24, 2.45) is 0 Å². The van der Waals surface area contributed by atoms with Gasteiger partial charge in [-0.15, -0.1) is 11.5 Å². The molecule has 0 heterocycles. The molecule has 0 aromatic heterocycles. The summed E-state index contributed by atoms with van der Waals surface area (Å²) in [4.78, 5) is 0. The summed E-state index contributed by atoms with van der Waals surface area (Å²) >= 11 is 5.68. The maximum atomic E-state index is 5.68. The molecule has 0 spiro atoms. The first kappa shape index (κ1) is 9.07. The summed E-state index contributed by atoms with van der Waals surface area (Å²) < 4.78 is 0. The fourth-order valence-electron chi connectivity index (χ4n) is 0.449. The van der Waals surface area contributed by atoms with E-state index in [-0.39, 0.29) is 0 Å². The lowest BCUT2D eigenvalue weighted by molar-refractivity contribution is 0.828. The van der Waals surface area contributed by atoms with Crippen LogP contribution in [0.15, 0.2) is 0 Å². The molecule has 0 saturated carbocycles. The second kappa shape index (κ2) is 6.19. The van der Waals surface area contributed by atoms with Crippen molar-refractivity contribution in [1.82, 2.24) is 0 Å². The van der Waals surface area contributed by atoms with Crippen molar-refractivity contribution in [3.05, 3.63) is 0 Å². The van der Waals surface area contributed by atoms with Crippen molar-refractivity contribution in [2.45, 2.75) is 32.7 Å². The van der Waals surface area contributed by atoms with Gasteiger partial charge >= 0.3 is 0 Å². The van der Waals surface area contributed by atoms with E-state index in [1.165, 1.54) is 12.8 Å². The monoisotopic (exact) mass is 159 g/mol. The van der Waals surface area contributed by atoms with Crippen LogP contribution in [0, 0.1) is 11.5 Å². The van der Waals surface area contributed by atoms with Crippen molar-refractivity contribution >= 4 is 19.2 Å². The molecule has 0 aliphatic rings. The number of hydrogen-bond acceptors (Lipinski definition) is 0. The van der Waals surface area contributed by atoms with Crippen molar-refractivity contribution < 1.29 is 0 Å². The zero-order chi connectivity index (χ0) is 7.11. The van der Waals surface area contributed by atoms with E-state index in [0.29, 0.717) is 0 Å². The molecule has 0 rings (SSSR count). The van der Waals surface area contributed by atoms with Crippen molar-refractivity contribution in [2.75, 3.05) is 0 Å². The molecule has 0 N–H and O–H groups in total. The lowest BCUT2D eigenvalue weighted by Crippen LogP contribution is -1.88. The molecule has 0 aromatic carbocycles.